The third-order valence-corrected chi connectivity index (χ3v) is 4.24. The summed E-state index contributed by atoms with van der Waals surface area (Å²) in [5, 5.41) is 1.95. The predicted molar refractivity (Wildman–Crippen MR) is 89.6 cm³/mol. The van der Waals surface area contributed by atoms with Gasteiger partial charge in [0.1, 0.15) is 0 Å². The van der Waals surface area contributed by atoms with Gasteiger partial charge in [-0.2, -0.15) is 0 Å². The highest BCUT2D eigenvalue weighted by Crippen LogP contribution is 2.36. The summed E-state index contributed by atoms with van der Waals surface area (Å²) in [4.78, 5) is 6.27. The molecule has 0 aliphatic carbocycles. The molecule has 0 aromatic heterocycles. The molecule has 1 aliphatic rings. The molecule has 1 atom stereocenters. The van der Waals surface area contributed by atoms with Crippen LogP contribution in [0.3, 0.4) is 0 Å². The molecule has 2 aromatic carbocycles. The molecule has 6 heteroatoms. The summed E-state index contributed by atoms with van der Waals surface area (Å²) in [6.07, 6.45) is 0. The topological polar surface area (TPSA) is 41.6 Å². The van der Waals surface area contributed by atoms with Crippen LogP contribution < -0.4 is 10.6 Å². The number of hydrogen-bond donors (Lipinski definition) is 1. The van der Waals surface area contributed by atoms with E-state index in [2.05, 4.69) is 4.99 Å². The first-order valence-electron chi connectivity index (χ1n) is 6.36. The van der Waals surface area contributed by atoms with E-state index >= 15 is 0 Å². The first kappa shape index (κ1) is 14.5. The van der Waals surface area contributed by atoms with Gasteiger partial charge in [0, 0.05) is 20.8 Å². The average Bonchev–Trinajstić information content (AvgIpc) is 2.84. The maximum Gasteiger partial charge on any atom is 0.196 e. The van der Waals surface area contributed by atoms with Crippen molar-refractivity contribution in [1.29, 1.82) is 0 Å². The van der Waals surface area contributed by atoms with Gasteiger partial charge in [-0.1, -0.05) is 34.8 Å². The molecule has 0 saturated heterocycles. The van der Waals surface area contributed by atoms with E-state index in [4.69, 9.17) is 40.5 Å². The predicted octanol–water partition coefficient (Wildman–Crippen LogP) is 4.52. The second-order valence-electron chi connectivity index (χ2n) is 4.73. The summed E-state index contributed by atoms with van der Waals surface area (Å²) in [6, 6.07) is 12.8. The maximum absolute atomic E-state index is 6.30. The molecule has 2 aromatic rings. The normalized spacial score (nSPS) is 18.0. The Balaban J connectivity index is 2.02. The van der Waals surface area contributed by atoms with Crippen LogP contribution in [0.15, 0.2) is 47.5 Å². The van der Waals surface area contributed by atoms with Crippen LogP contribution >= 0.6 is 34.8 Å². The van der Waals surface area contributed by atoms with Gasteiger partial charge in [-0.15, -0.1) is 0 Å². The van der Waals surface area contributed by atoms with Crippen LogP contribution in [0.2, 0.25) is 15.1 Å². The lowest BCUT2D eigenvalue weighted by Crippen LogP contribution is -2.36. The van der Waals surface area contributed by atoms with E-state index in [-0.39, 0.29) is 6.04 Å². The molecular weight excluding hydrogens is 329 g/mol. The molecule has 1 unspecified atom stereocenters. The van der Waals surface area contributed by atoms with Crippen LogP contribution in [-0.2, 0) is 0 Å². The van der Waals surface area contributed by atoms with Gasteiger partial charge in [-0.25, -0.2) is 0 Å². The van der Waals surface area contributed by atoms with Gasteiger partial charge in [-0.05, 0) is 48.0 Å². The number of nitrogens with zero attached hydrogens (tertiary/aromatic N) is 2. The van der Waals surface area contributed by atoms with E-state index in [1.54, 1.807) is 12.1 Å². The standard InChI is InChI=1S/C15H12Cl3N3/c16-9-1-4-11(5-2-9)21-14(8-20-15(21)19)12-7-10(17)3-6-13(12)18/h1-7,14H,8H2,(H2,19,20). The minimum absolute atomic E-state index is 0.0719. The van der Waals surface area contributed by atoms with Crippen molar-refractivity contribution in [3.8, 4) is 0 Å². The molecule has 21 heavy (non-hydrogen) atoms. The lowest BCUT2D eigenvalue weighted by atomic mass is 10.1. The van der Waals surface area contributed by atoms with E-state index in [1.165, 1.54) is 0 Å². The summed E-state index contributed by atoms with van der Waals surface area (Å²) in [7, 11) is 0. The Morgan fingerprint density at radius 2 is 1.67 bits per heavy atom. The number of anilines is 1. The lowest BCUT2D eigenvalue weighted by Gasteiger charge is -2.27. The SMILES string of the molecule is NC1=NCC(c2cc(Cl)ccc2Cl)N1c1ccc(Cl)cc1. The summed E-state index contributed by atoms with van der Waals surface area (Å²) in [5.74, 6) is 0.457. The van der Waals surface area contributed by atoms with Crippen molar-refractivity contribution in [2.24, 2.45) is 10.7 Å². The molecular formula is C15H12Cl3N3. The summed E-state index contributed by atoms with van der Waals surface area (Å²) < 4.78 is 0. The highest BCUT2D eigenvalue weighted by atomic mass is 35.5. The number of rotatable bonds is 2. The quantitative estimate of drug-likeness (QED) is 0.873. The molecule has 0 spiro atoms. The van der Waals surface area contributed by atoms with Gasteiger partial charge in [0.2, 0.25) is 0 Å². The van der Waals surface area contributed by atoms with E-state index in [1.807, 2.05) is 35.2 Å². The van der Waals surface area contributed by atoms with Gasteiger partial charge in [0.25, 0.3) is 0 Å². The van der Waals surface area contributed by atoms with E-state index in [9.17, 15) is 0 Å². The second kappa shape index (κ2) is 5.76. The molecule has 108 valence electrons. The van der Waals surface area contributed by atoms with Gasteiger partial charge in [-0.3, -0.25) is 4.99 Å². The fourth-order valence-corrected chi connectivity index (χ4v) is 2.97. The Labute approximate surface area is 137 Å². The third kappa shape index (κ3) is 2.82. The minimum atomic E-state index is -0.0719. The Kier molecular flexibility index (Phi) is 3.98. The molecule has 3 nitrogen and oxygen atoms in total. The molecule has 0 saturated carbocycles. The Hall–Kier alpha value is -1.42. The lowest BCUT2D eigenvalue weighted by molar-refractivity contribution is 0.769. The zero-order valence-corrected chi connectivity index (χ0v) is 13.2. The minimum Gasteiger partial charge on any atom is -0.369 e. The van der Waals surface area contributed by atoms with Crippen molar-refractivity contribution in [2.45, 2.75) is 6.04 Å². The molecule has 0 fully saturated rings. The smallest absolute Gasteiger partial charge is 0.196 e. The first-order chi connectivity index (χ1) is 10.1. The van der Waals surface area contributed by atoms with E-state index in [0.717, 1.165) is 11.3 Å². The van der Waals surface area contributed by atoms with Crippen LogP contribution in [0.25, 0.3) is 0 Å². The zero-order chi connectivity index (χ0) is 15.0. The fraction of sp³-hybridized carbons (Fsp3) is 0.133. The number of benzene rings is 2. The Morgan fingerprint density at radius 1 is 1.00 bits per heavy atom. The number of nitrogens with two attached hydrogens (primary N) is 1. The molecule has 3 rings (SSSR count). The van der Waals surface area contributed by atoms with Gasteiger partial charge in [0.05, 0.1) is 12.6 Å². The largest absolute Gasteiger partial charge is 0.369 e. The first-order valence-corrected chi connectivity index (χ1v) is 7.49. The van der Waals surface area contributed by atoms with Crippen LogP contribution in [0.5, 0.6) is 0 Å². The highest BCUT2D eigenvalue weighted by Gasteiger charge is 2.30. The van der Waals surface area contributed by atoms with Crippen molar-refractivity contribution in [3.05, 3.63) is 63.1 Å². The molecule has 0 bridgehead atoms. The van der Waals surface area contributed by atoms with E-state index in [0.29, 0.717) is 27.6 Å². The van der Waals surface area contributed by atoms with Crippen LogP contribution in [0.4, 0.5) is 5.69 Å². The van der Waals surface area contributed by atoms with E-state index < -0.39 is 0 Å². The van der Waals surface area contributed by atoms with Crippen molar-refractivity contribution >= 4 is 46.4 Å². The summed E-state index contributed by atoms with van der Waals surface area (Å²) in [6.45, 7) is 0.536. The monoisotopic (exact) mass is 339 g/mol. The molecule has 2 N–H and O–H groups in total. The molecule has 0 radical (unpaired) electrons. The van der Waals surface area contributed by atoms with Gasteiger partial charge in [0.15, 0.2) is 5.96 Å². The number of halogens is 3. The fourth-order valence-electron chi connectivity index (χ4n) is 2.42. The van der Waals surface area contributed by atoms with Crippen LogP contribution in [-0.4, -0.2) is 12.5 Å². The molecule has 1 aliphatic heterocycles. The van der Waals surface area contributed by atoms with Gasteiger partial charge < -0.3 is 10.6 Å². The number of aliphatic imine (C=N–C) groups is 1. The number of hydrogen-bond acceptors (Lipinski definition) is 3. The molecule has 1 heterocycles. The highest BCUT2D eigenvalue weighted by molar-refractivity contribution is 6.33. The van der Waals surface area contributed by atoms with Crippen molar-refractivity contribution < 1.29 is 0 Å². The van der Waals surface area contributed by atoms with Gasteiger partial charge >= 0.3 is 0 Å². The Morgan fingerprint density at radius 3 is 2.38 bits per heavy atom. The van der Waals surface area contributed by atoms with Crippen molar-refractivity contribution in [2.75, 3.05) is 11.4 Å². The number of guanidine groups is 1. The Bertz CT molecular complexity index is 698. The van der Waals surface area contributed by atoms with Crippen LogP contribution in [0.1, 0.15) is 11.6 Å². The third-order valence-electron chi connectivity index (χ3n) is 3.41. The molecule has 0 amide bonds. The van der Waals surface area contributed by atoms with Crippen molar-refractivity contribution in [1.82, 2.24) is 0 Å². The summed E-state index contributed by atoms with van der Waals surface area (Å²) in [5.41, 5.74) is 7.85. The summed E-state index contributed by atoms with van der Waals surface area (Å²) >= 11 is 18.3. The van der Waals surface area contributed by atoms with Crippen LogP contribution in [0, 0.1) is 0 Å². The zero-order valence-electron chi connectivity index (χ0n) is 10.9. The van der Waals surface area contributed by atoms with Crippen molar-refractivity contribution in [3.63, 3.8) is 0 Å². The second-order valence-corrected chi connectivity index (χ2v) is 6.01. The average molecular weight is 341 g/mol. The maximum atomic E-state index is 6.30.